The average molecular weight is 457 g/mol. The molecule has 1 aliphatic carbocycles. The van der Waals surface area contributed by atoms with E-state index in [1.54, 1.807) is 18.2 Å². The first-order valence-electron chi connectivity index (χ1n) is 10.7. The molecule has 0 radical (unpaired) electrons. The van der Waals surface area contributed by atoms with E-state index >= 15 is 0 Å². The van der Waals surface area contributed by atoms with Crippen LogP contribution in [0.5, 0.6) is 5.75 Å². The van der Waals surface area contributed by atoms with Gasteiger partial charge < -0.3 is 14.1 Å². The quantitative estimate of drug-likeness (QED) is 0.536. The van der Waals surface area contributed by atoms with Crippen LogP contribution in [0.2, 0.25) is 0 Å². The third-order valence-electron chi connectivity index (χ3n) is 5.57. The van der Waals surface area contributed by atoms with Crippen molar-refractivity contribution in [1.82, 2.24) is 4.72 Å². The number of carbonyl (C=O) groups is 1. The molecular weight excluding hydrogens is 428 g/mol. The van der Waals surface area contributed by atoms with Gasteiger partial charge in [-0.1, -0.05) is 19.9 Å². The molecular formula is C24H28N2O5S. The lowest BCUT2D eigenvalue weighted by Gasteiger charge is -2.15. The Bertz CT molecular complexity index is 1260. The van der Waals surface area contributed by atoms with Crippen molar-refractivity contribution in [3.63, 3.8) is 0 Å². The van der Waals surface area contributed by atoms with Crippen LogP contribution >= 0.6 is 0 Å². The zero-order valence-corrected chi connectivity index (χ0v) is 19.5. The van der Waals surface area contributed by atoms with Gasteiger partial charge in [-0.25, -0.2) is 13.1 Å². The number of hydrogen-bond acceptors (Lipinski definition) is 6. The fraction of sp³-hybridized carbons (Fsp3) is 0.375. The number of nitrogens with zero attached hydrogens (tertiary/aromatic N) is 1. The smallest absolute Gasteiger partial charge is 0.300 e. The number of anilines is 1. The van der Waals surface area contributed by atoms with Crippen molar-refractivity contribution in [2.45, 2.75) is 37.5 Å². The van der Waals surface area contributed by atoms with Crippen molar-refractivity contribution >= 4 is 32.6 Å². The summed E-state index contributed by atoms with van der Waals surface area (Å²) >= 11 is 0. The highest BCUT2D eigenvalue weighted by atomic mass is 32.2. The van der Waals surface area contributed by atoms with E-state index in [1.165, 1.54) is 6.07 Å². The molecule has 0 atom stereocenters. The Hall–Kier alpha value is -3.00. The minimum atomic E-state index is -4.17. The second-order valence-electron chi connectivity index (χ2n) is 8.78. The standard InChI is InChI=1S/C24H28N2O5S/c1-15(2)17-8-10-20(30-14-16-5-6-16)23(12-17)32(28,29)25-24(27)22-11-18-7-9-19(26(3)4)13-21(18)31-22/h7-13,15-16H,5-6,14H2,1-4H3,(H,25,27). The van der Waals surface area contributed by atoms with Crippen LogP contribution in [-0.2, 0) is 10.0 Å². The molecule has 1 N–H and O–H groups in total. The monoisotopic (exact) mass is 456 g/mol. The molecule has 1 heterocycles. The number of hydrogen-bond donors (Lipinski definition) is 1. The lowest BCUT2D eigenvalue weighted by atomic mass is 10.0. The molecule has 1 aliphatic rings. The summed E-state index contributed by atoms with van der Waals surface area (Å²) < 4.78 is 39.9. The number of amides is 1. The van der Waals surface area contributed by atoms with Crippen LogP contribution in [-0.4, -0.2) is 35.0 Å². The Morgan fingerprint density at radius 1 is 1.16 bits per heavy atom. The Balaban J connectivity index is 1.62. The van der Waals surface area contributed by atoms with E-state index in [2.05, 4.69) is 4.72 Å². The van der Waals surface area contributed by atoms with Crippen molar-refractivity contribution < 1.29 is 22.4 Å². The molecule has 1 saturated carbocycles. The molecule has 7 nitrogen and oxygen atoms in total. The number of sulfonamides is 1. The topological polar surface area (TPSA) is 88.8 Å². The van der Waals surface area contributed by atoms with Crippen LogP contribution in [0.3, 0.4) is 0 Å². The highest BCUT2D eigenvalue weighted by Crippen LogP contribution is 2.33. The van der Waals surface area contributed by atoms with E-state index in [0.717, 1.165) is 24.1 Å². The first-order valence-corrected chi connectivity index (χ1v) is 12.2. The molecule has 0 spiro atoms. The van der Waals surface area contributed by atoms with Crippen molar-refractivity contribution in [2.24, 2.45) is 5.92 Å². The van der Waals surface area contributed by atoms with Crippen LogP contribution in [0.1, 0.15) is 48.7 Å². The normalized spacial score (nSPS) is 14.0. The second kappa shape index (κ2) is 8.50. The first kappa shape index (κ1) is 22.2. The summed E-state index contributed by atoms with van der Waals surface area (Å²) in [6.45, 7) is 4.42. The zero-order chi connectivity index (χ0) is 23.0. The summed E-state index contributed by atoms with van der Waals surface area (Å²) in [7, 11) is -0.371. The van der Waals surface area contributed by atoms with Gasteiger partial charge in [0.25, 0.3) is 10.0 Å². The Labute approximate surface area is 188 Å². The Morgan fingerprint density at radius 3 is 2.56 bits per heavy atom. The van der Waals surface area contributed by atoms with Gasteiger partial charge in [-0.05, 0) is 60.6 Å². The molecule has 1 fully saturated rings. The van der Waals surface area contributed by atoms with Gasteiger partial charge in [0, 0.05) is 31.2 Å². The number of fused-ring (bicyclic) bond motifs is 1. The van der Waals surface area contributed by atoms with Gasteiger partial charge in [-0.3, -0.25) is 4.79 Å². The van der Waals surface area contributed by atoms with E-state index in [-0.39, 0.29) is 22.3 Å². The van der Waals surface area contributed by atoms with Crippen LogP contribution in [0.4, 0.5) is 5.69 Å². The molecule has 0 bridgehead atoms. The summed E-state index contributed by atoms with van der Waals surface area (Å²) in [6.07, 6.45) is 2.18. The van der Waals surface area contributed by atoms with Crippen molar-refractivity contribution in [1.29, 1.82) is 0 Å². The number of benzene rings is 2. The predicted molar refractivity (Wildman–Crippen MR) is 124 cm³/mol. The minimum absolute atomic E-state index is 0.0382. The summed E-state index contributed by atoms with van der Waals surface area (Å²) in [5, 5.41) is 0.716. The molecule has 8 heteroatoms. The maximum atomic E-state index is 13.2. The second-order valence-corrected chi connectivity index (χ2v) is 10.4. The third kappa shape index (κ3) is 4.75. The van der Waals surface area contributed by atoms with Crippen molar-refractivity contribution in [2.75, 3.05) is 25.6 Å². The van der Waals surface area contributed by atoms with Crippen molar-refractivity contribution in [3.8, 4) is 5.75 Å². The van der Waals surface area contributed by atoms with Gasteiger partial charge in [0.2, 0.25) is 0 Å². The number of rotatable bonds is 8. The maximum absolute atomic E-state index is 13.2. The number of ether oxygens (including phenoxy) is 1. The summed E-state index contributed by atoms with van der Waals surface area (Å²) in [5.74, 6) is -0.0524. The fourth-order valence-corrected chi connectivity index (χ4v) is 4.48. The summed E-state index contributed by atoms with van der Waals surface area (Å²) in [5.41, 5.74) is 2.26. The average Bonchev–Trinajstić information content (AvgIpc) is 3.47. The SMILES string of the molecule is CC(C)c1ccc(OCC2CC2)c(S(=O)(=O)NC(=O)c2cc3ccc(N(C)C)cc3o2)c1. The molecule has 0 aliphatic heterocycles. The van der Waals surface area contributed by atoms with Crippen LogP contribution in [0.25, 0.3) is 11.0 Å². The van der Waals surface area contributed by atoms with E-state index < -0.39 is 15.9 Å². The van der Waals surface area contributed by atoms with Gasteiger partial charge in [0.1, 0.15) is 16.2 Å². The van der Waals surface area contributed by atoms with Gasteiger partial charge in [0.15, 0.2) is 5.76 Å². The maximum Gasteiger partial charge on any atom is 0.300 e. The van der Waals surface area contributed by atoms with Crippen LogP contribution < -0.4 is 14.4 Å². The third-order valence-corrected chi connectivity index (χ3v) is 6.92. The molecule has 32 heavy (non-hydrogen) atoms. The highest BCUT2D eigenvalue weighted by Gasteiger charge is 2.28. The molecule has 1 amide bonds. The fourth-order valence-electron chi connectivity index (χ4n) is 3.34. The molecule has 0 saturated heterocycles. The molecule has 1 aromatic heterocycles. The van der Waals surface area contributed by atoms with E-state index in [1.807, 2.05) is 51.0 Å². The Kier molecular flexibility index (Phi) is 5.90. The largest absolute Gasteiger partial charge is 0.492 e. The van der Waals surface area contributed by atoms with Gasteiger partial charge >= 0.3 is 5.91 Å². The molecule has 4 rings (SSSR count). The zero-order valence-electron chi connectivity index (χ0n) is 18.7. The van der Waals surface area contributed by atoms with Gasteiger partial charge in [-0.2, -0.15) is 0 Å². The summed E-state index contributed by atoms with van der Waals surface area (Å²) in [6, 6.07) is 12.2. The van der Waals surface area contributed by atoms with Gasteiger partial charge in [0.05, 0.1) is 6.61 Å². The number of furan rings is 1. The lowest BCUT2D eigenvalue weighted by molar-refractivity contribution is 0.0956. The van der Waals surface area contributed by atoms with Crippen molar-refractivity contribution in [3.05, 3.63) is 53.8 Å². The molecule has 2 aromatic carbocycles. The predicted octanol–water partition coefficient (Wildman–Crippen LogP) is 4.53. The molecule has 0 unspecified atom stereocenters. The minimum Gasteiger partial charge on any atom is -0.492 e. The van der Waals surface area contributed by atoms with E-state index in [9.17, 15) is 13.2 Å². The van der Waals surface area contributed by atoms with Crippen LogP contribution in [0.15, 0.2) is 51.8 Å². The number of carbonyl (C=O) groups excluding carboxylic acids is 1. The Morgan fingerprint density at radius 2 is 1.91 bits per heavy atom. The van der Waals surface area contributed by atoms with E-state index in [0.29, 0.717) is 23.5 Å². The summed E-state index contributed by atoms with van der Waals surface area (Å²) in [4.78, 5) is 14.7. The molecule has 3 aromatic rings. The van der Waals surface area contributed by atoms with E-state index in [4.69, 9.17) is 9.15 Å². The van der Waals surface area contributed by atoms with Gasteiger partial charge in [-0.15, -0.1) is 0 Å². The number of nitrogens with one attached hydrogen (secondary N) is 1. The highest BCUT2D eigenvalue weighted by molar-refractivity contribution is 7.90. The molecule has 170 valence electrons. The first-order chi connectivity index (χ1) is 15.1. The van der Waals surface area contributed by atoms with Crippen LogP contribution in [0, 0.1) is 5.92 Å². The lowest BCUT2D eigenvalue weighted by Crippen LogP contribution is -2.30.